The Bertz CT molecular complexity index is 437. The fraction of sp³-hybridized carbons (Fsp3) is 0.833. The van der Waals surface area contributed by atoms with Crippen LogP contribution in [0.15, 0.2) is 0 Å². The van der Waals surface area contributed by atoms with Crippen LogP contribution in [-0.2, 0) is 24.2 Å². The molecule has 118 valence electrons. The standard InChI is InChI=1S/C12H23NO6S/c1-5-20(17,18)8-10(14)13-9(11(15)16)6-7-19-12(2,3)4/h9H,5-8H2,1-4H3,(H,13,14)(H,15,16). The highest BCUT2D eigenvalue weighted by atomic mass is 32.2. The second-order valence-electron chi connectivity index (χ2n) is 5.38. The van der Waals surface area contributed by atoms with Gasteiger partial charge in [0.25, 0.3) is 0 Å². The summed E-state index contributed by atoms with van der Waals surface area (Å²) in [4.78, 5) is 22.5. The lowest BCUT2D eigenvalue weighted by molar-refractivity contribution is -0.142. The Morgan fingerprint density at radius 2 is 1.85 bits per heavy atom. The van der Waals surface area contributed by atoms with Gasteiger partial charge in [-0.15, -0.1) is 0 Å². The number of nitrogens with one attached hydrogen (secondary N) is 1. The zero-order valence-electron chi connectivity index (χ0n) is 12.3. The molecule has 0 rings (SSSR count). The van der Waals surface area contributed by atoms with Gasteiger partial charge in [-0.3, -0.25) is 4.79 Å². The fourth-order valence-corrected chi connectivity index (χ4v) is 1.97. The van der Waals surface area contributed by atoms with E-state index in [1.807, 2.05) is 20.8 Å². The topological polar surface area (TPSA) is 110 Å². The minimum atomic E-state index is -3.47. The largest absolute Gasteiger partial charge is 0.480 e. The summed E-state index contributed by atoms with van der Waals surface area (Å²) in [7, 11) is -3.47. The molecule has 0 heterocycles. The smallest absolute Gasteiger partial charge is 0.326 e. The van der Waals surface area contributed by atoms with Crippen molar-refractivity contribution in [3.63, 3.8) is 0 Å². The lowest BCUT2D eigenvalue weighted by Crippen LogP contribution is -2.44. The molecule has 0 aromatic carbocycles. The third-order valence-electron chi connectivity index (χ3n) is 2.37. The Morgan fingerprint density at radius 1 is 1.30 bits per heavy atom. The lowest BCUT2D eigenvalue weighted by atomic mass is 10.2. The highest BCUT2D eigenvalue weighted by Crippen LogP contribution is 2.08. The quantitative estimate of drug-likeness (QED) is 0.662. The summed E-state index contributed by atoms with van der Waals surface area (Å²) < 4.78 is 27.9. The van der Waals surface area contributed by atoms with Crippen LogP contribution in [0.25, 0.3) is 0 Å². The van der Waals surface area contributed by atoms with Gasteiger partial charge in [0.05, 0.1) is 5.60 Å². The van der Waals surface area contributed by atoms with Crippen molar-refractivity contribution in [1.82, 2.24) is 5.32 Å². The average molecular weight is 309 g/mol. The first kappa shape index (κ1) is 18.9. The number of carbonyl (C=O) groups is 2. The second kappa shape index (κ2) is 7.58. The van der Waals surface area contributed by atoms with Crippen LogP contribution in [0, 0.1) is 0 Å². The fourth-order valence-electron chi connectivity index (χ4n) is 1.28. The molecular weight excluding hydrogens is 286 g/mol. The molecular formula is C12H23NO6S. The van der Waals surface area contributed by atoms with E-state index in [1.165, 1.54) is 6.92 Å². The van der Waals surface area contributed by atoms with Crippen LogP contribution >= 0.6 is 0 Å². The van der Waals surface area contributed by atoms with Crippen LogP contribution < -0.4 is 5.32 Å². The Labute approximate surface area is 119 Å². The molecule has 1 amide bonds. The number of aliphatic carboxylic acids is 1. The van der Waals surface area contributed by atoms with Crippen LogP contribution in [-0.4, -0.2) is 55.2 Å². The summed E-state index contributed by atoms with van der Waals surface area (Å²) in [6, 6.07) is -1.16. The van der Waals surface area contributed by atoms with Gasteiger partial charge in [-0.1, -0.05) is 6.92 Å². The maximum atomic E-state index is 11.5. The second-order valence-corrected chi connectivity index (χ2v) is 7.74. The predicted octanol–water partition coefficient (Wildman–Crippen LogP) is 0.196. The first-order chi connectivity index (χ1) is 8.97. The first-order valence-corrected chi connectivity index (χ1v) is 8.15. The molecule has 0 aromatic rings. The Morgan fingerprint density at radius 3 is 2.25 bits per heavy atom. The van der Waals surface area contributed by atoms with E-state index in [1.54, 1.807) is 0 Å². The molecule has 1 unspecified atom stereocenters. The number of amides is 1. The summed E-state index contributed by atoms with van der Waals surface area (Å²) in [5, 5.41) is 11.2. The molecule has 2 N–H and O–H groups in total. The number of sulfone groups is 1. The van der Waals surface area contributed by atoms with E-state index in [4.69, 9.17) is 9.84 Å². The van der Waals surface area contributed by atoms with Crippen molar-refractivity contribution in [1.29, 1.82) is 0 Å². The van der Waals surface area contributed by atoms with Crippen molar-refractivity contribution in [2.24, 2.45) is 0 Å². The van der Waals surface area contributed by atoms with Crippen LogP contribution in [0.5, 0.6) is 0 Å². The van der Waals surface area contributed by atoms with E-state index >= 15 is 0 Å². The molecule has 0 radical (unpaired) electrons. The van der Waals surface area contributed by atoms with Crippen molar-refractivity contribution in [3.05, 3.63) is 0 Å². The van der Waals surface area contributed by atoms with E-state index in [-0.39, 0.29) is 18.8 Å². The number of carboxylic acids is 1. The maximum absolute atomic E-state index is 11.5. The maximum Gasteiger partial charge on any atom is 0.326 e. The molecule has 0 aliphatic carbocycles. The normalized spacial score (nSPS) is 13.8. The minimum absolute atomic E-state index is 0.0739. The van der Waals surface area contributed by atoms with E-state index in [9.17, 15) is 18.0 Å². The van der Waals surface area contributed by atoms with Gasteiger partial charge in [-0.25, -0.2) is 13.2 Å². The molecule has 0 aliphatic rings. The molecule has 1 atom stereocenters. The predicted molar refractivity (Wildman–Crippen MR) is 74.2 cm³/mol. The van der Waals surface area contributed by atoms with E-state index in [0.717, 1.165) is 0 Å². The molecule has 0 bridgehead atoms. The Hall–Kier alpha value is -1.15. The number of hydrogen-bond acceptors (Lipinski definition) is 5. The third kappa shape index (κ3) is 8.87. The average Bonchev–Trinajstić information content (AvgIpc) is 2.25. The van der Waals surface area contributed by atoms with Gasteiger partial charge in [0, 0.05) is 18.8 Å². The molecule has 8 heteroatoms. The Balaban J connectivity index is 4.42. The van der Waals surface area contributed by atoms with Crippen molar-refractivity contribution in [2.45, 2.75) is 45.8 Å². The number of carboxylic acid groups (broad SMARTS) is 1. The number of carbonyl (C=O) groups excluding carboxylic acids is 1. The van der Waals surface area contributed by atoms with Gasteiger partial charge < -0.3 is 15.2 Å². The molecule has 7 nitrogen and oxygen atoms in total. The number of hydrogen-bond donors (Lipinski definition) is 2. The van der Waals surface area contributed by atoms with Crippen molar-refractivity contribution >= 4 is 21.7 Å². The summed E-state index contributed by atoms with van der Waals surface area (Å²) in [6.07, 6.45) is 0.0739. The minimum Gasteiger partial charge on any atom is -0.480 e. The lowest BCUT2D eigenvalue weighted by Gasteiger charge is -2.21. The van der Waals surface area contributed by atoms with Crippen molar-refractivity contribution < 1.29 is 27.9 Å². The van der Waals surface area contributed by atoms with Crippen LogP contribution in [0.3, 0.4) is 0 Å². The highest BCUT2D eigenvalue weighted by molar-refractivity contribution is 7.92. The summed E-state index contributed by atoms with van der Waals surface area (Å²) in [5.74, 6) is -2.89. The van der Waals surface area contributed by atoms with Gasteiger partial charge >= 0.3 is 5.97 Å². The SMILES string of the molecule is CCS(=O)(=O)CC(=O)NC(CCOC(C)(C)C)C(=O)O. The first-order valence-electron chi connectivity index (χ1n) is 6.33. The van der Waals surface area contributed by atoms with E-state index in [2.05, 4.69) is 5.32 Å². The number of ether oxygens (including phenoxy) is 1. The molecule has 20 heavy (non-hydrogen) atoms. The van der Waals surface area contributed by atoms with Gasteiger partial charge in [-0.05, 0) is 20.8 Å². The van der Waals surface area contributed by atoms with Crippen LogP contribution in [0.2, 0.25) is 0 Å². The van der Waals surface area contributed by atoms with Crippen molar-refractivity contribution in [3.8, 4) is 0 Å². The molecule has 0 saturated carbocycles. The molecule has 0 saturated heterocycles. The zero-order chi connectivity index (χ0) is 16.0. The van der Waals surface area contributed by atoms with E-state index < -0.39 is 39.1 Å². The summed E-state index contributed by atoms with van der Waals surface area (Å²) in [6.45, 7) is 7.06. The zero-order valence-corrected chi connectivity index (χ0v) is 13.1. The number of rotatable bonds is 8. The molecule has 0 spiro atoms. The van der Waals surface area contributed by atoms with Crippen molar-refractivity contribution in [2.75, 3.05) is 18.1 Å². The van der Waals surface area contributed by atoms with Crippen LogP contribution in [0.1, 0.15) is 34.1 Å². The molecule has 0 fully saturated rings. The van der Waals surface area contributed by atoms with Gasteiger partial charge in [0.2, 0.25) is 5.91 Å². The summed E-state index contributed by atoms with van der Waals surface area (Å²) >= 11 is 0. The Kier molecular flexibility index (Phi) is 7.15. The molecule has 0 aliphatic heterocycles. The van der Waals surface area contributed by atoms with Crippen LogP contribution in [0.4, 0.5) is 0 Å². The van der Waals surface area contributed by atoms with Gasteiger partial charge in [0.1, 0.15) is 11.8 Å². The van der Waals surface area contributed by atoms with E-state index in [0.29, 0.717) is 0 Å². The summed E-state index contributed by atoms with van der Waals surface area (Å²) in [5.41, 5.74) is -0.404. The molecule has 0 aromatic heterocycles. The van der Waals surface area contributed by atoms with Gasteiger partial charge in [-0.2, -0.15) is 0 Å². The third-order valence-corrected chi connectivity index (χ3v) is 3.95. The van der Waals surface area contributed by atoms with Gasteiger partial charge in [0.15, 0.2) is 9.84 Å². The highest BCUT2D eigenvalue weighted by Gasteiger charge is 2.23. The monoisotopic (exact) mass is 309 g/mol.